The number of amides is 1. The average molecular weight is 568 g/mol. The van der Waals surface area contributed by atoms with Gasteiger partial charge in [-0.15, -0.1) is 10.2 Å². The number of hydrogen-bond donors (Lipinski definition) is 2. The monoisotopic (exact) mass is 567 g/mol. The van der Waals surface area contributed by atoms with E-state index in [1.807, 2.05) is 0 Å². The summed E-state index contributed by atoms with van der Waals surface area (Å²) in [6.45, 7) is 2.68. The maximum atomic E-state index is 14.4. The molecule has 0 saturated carbocycles. The molecule has 1 aliphatic heterocycles. The Hall–Kier alpha value is -3.55. The van der Waals surface area contributed by atoms with Crippen LogP contribution in [0.5, 0.6) is 5.88 Å². The van der Waals surface area contributed by atoms with Crippen LogP contribution in [0, 0.1) is 5.82 Å². The molecule has 4 rings (SSSR count). The lowest BCUT2D eigenvalue weighted by Crippen LogP contribution is -2.45. The number of piperazine rings is 1. The first-order chi connectivity index (χ1) is 18.6. The van der Waals surface area contributed by atoms with Crippen molar-refractivity contribution in [3.05, 3.63) is 53.4 Å². The Morgan fingerprint density at radius 1 is 1.10 bits per heavy atom. The SMILES string of the molecule is CN1CCN(CCC(=O)Nc2cc(Nc3cc(-c4cc(Cl)ccc4F)nnc3OCC(F)(F)F)ccn2)CC1. The standard InChI is InChI=1S/C25H26ClF4N7O2/c1-36-8-10-37(11-9-36)7-5-23(38)33-22-13-17(4-6-31-22)32-21-14-20(18-12-16(26)2-3-19(18)27)34-35-24(21)39-15-25(28,29)30/h2-4,6,12-14H,5,7-11,15H2,1H3,(H2,31,32,33,34,38). The van der Waals surface area contributed by atoms with Gasteiger partial charge in [0, 0.05) is 67.7 Å². The zero-order chi connectivity index (χ0) is 28.0. The molecule has 0 unspecified atom stereocenters. The van der Waals surface area contributed by atoms with Crippen LogP contribution in [0.1, 0.15) is 6.42 Å². The zero-order valence-electron chi connectivity index (χ0n) is 20.9. The maximum Gasteiger partial charge on any atom is 0.422 e. The number of benzene rings is 1. The van der Waals surface area contributed by atoms with E-state index in [4.69, 9.17) is 16.3 Å². The lowest BCUT2D eigenvalue weighted by Gasteiger charge is -2.32. The molecule has 1 aliphatic rings. The molecule has 0 bridgehead atoms. The van der Waals surface area contributed by atoms with Crippen molar-refractivity contribution in [1.29, 1.82) is 0 Å². The summed E-state index contributed by atoms with van der Waals surface area (Å²) in [6.07, 6.45) is -2.92. The van der Waals surface area contributed by atoms with E-state index in [9.17, 15) is 22.4 Å². The fourth-order valence-electron chi connectivity index (χ4n) is 3.82. The van der Waals surface area contributed by atoms with Gasteiger partial charge >= 0.3 is 6.18 Å². The van der Waals surface area contributed by atoms with E-state index < -0.39 is 24.5 Å². The molecule has 1 aromatic carbocycles. The predicted molar refractivity (Wildman–Crippen MR) is 139 cm³/mol. The van der Waals surface area contributed by atoms with Crippen molar-refractivity contribution < 1.29 is 27.1 Å². The lowest BCUT2D eigenvalue weighted by atomic mass is 10.1. The van der Waals surface area contributed by atoms with E-state index >= 15 is 0 Å². The number of carbonyl (C=O) groups excluding carboxylic acids is 1. The second-order valence-corrected chi connectivity index (χ2v) is 9.41. The van der Waals surface area contributed by atoms with Crippen molar-refractivity contribution in [2.24, 2.45) is 0 Å². The molecule has 3 aromatic rings. The first-order valence-corrected chi connectivity index (χ1v) is 12.4. The number of aromatic nitrogens is 3. The van der Waals surface area contributed by atoms with Gasteiger partial charge in [0.15, 0.2) is 6.61 Å². The number of carbonyl (C=O) groups is 1. The van der Waals surface area contributed by atoms with Gasteiger partial charge in [0.1, 0.15) is 17.3 Å². The number of halogens is 5. The number of hydrogen-bond acceptors (Lipinski definition) is 8. The Morgan fingerprint density at radius 2 is 1.87 bits per heavy atom. The first-order valence-electron chi connectivity index (χ1n) is 12.0. The van der Waals surface area contributed by atoms with E-state index in [2.05, 4.69) is 42.7 Å². The van der Waals surface area contributed by atoms with Crippen molar-refractivity contribution in [1.82, 2.24) is 25.0 Å². The topological polar surface area (TPSA) is 95.5 Å². The van der Waals surface area contributed by atoms with Crippen LogP contribution in [0.2, 0.25) is 5.02 Å². The molecule has 0 atom stereocenters. The molecule has 3 heterocycles. The molecule has 1 fully saturated rings. The molecular formula is C25H26ClF4N7O2. The minimum Gasteiger partial charge on any atom is -0.465 e. The van der Waals surface area contributed by atoms with Crippen LogP contribution in [-0.2, 0) is 4.79 Å². The van der Waals surface area contributed by atoms with Gasteiger partial charge in [0.2, 0.25) is 5.91 Å². The third-order valence-electron chi connectivity index (χ3n) is 5.89. The van der Waals surface area contributed by atoms with Gasteiger partial charge < -0.3 is 25.2 Å². The van der Waals surface area contributed by atoms with Crippen LogP contribution in [0.25, 0.3) is 11.3 Å². The van der Waals surface area contributed by atoms with Crippen LogP contribution in [-0.4, -0.2) is 83.4 Å². The molecule has 2 N–H and O–H groups in total. The summed E-state index contributed by atoms with van der Waals surface area (Å²) < 4.78 is 57.7. The van der Waals surface area contributed by atoms with Crippen LogP contribution < -0.4 is 15.4 Å². The first kappa shape index (κ1) is 28.5. The van der Waals surface area contributed by atoms with E-state index in [1.54, 1.807) is 0 Å². The number of anilines is 3. The largest absolute Gasteiger partial charge is 0.465 e. The van der Waals surface area contributed by atoms with Gasteiger partial charge in [-0.1, -0.05) is 11.6 Å². The fraction of sp³-hybridized carbons (Fsp3) is 0.360. The molecule has 208 valence electrons. The second-order valence-electron chi connectivity index (χ2n) is 8.97. The van der Waals surface area contributed by atoms with Crippen LogP contribution in [0.4, 0.5) is 34.8 Å². The van der Waals surface area contributed by atoms with Gasteiger partial charge in [-0.2, -0.15) is 13.2 Å². The highest BCUT2D eigenvalue weighted by Gasteiger charge is 2.29. The Balaban J connectivity index is 1.49. The summed E-state index contributed by atoms with van der Waals surface area (Å²) in [6, 6.07) is 8.15. The lowest BCUT2D eigenvalue weighted by molar-refractivity contribution is -0.154. The summed E-state index contributed by atoms with van der Waals surface area (Å²) in [5.41, 5.74) is 0.371. The minimum atomic E-state index is -4.62. The smallest absolute Gasteiger partial charge is 0.422 e. The molecule has 0 aliphatic carbocycles. The van der Waals surface area contributed by atoms with Crippen LogP contribution in [0.3, 0.4) is 0 Å². The average Bonchev–Trinajstić information content (AvgIpc) is 2.89. The van der Waals surface area contributed by atoms with Crippen LogP contribution in [0.15, 0.2) is 42.6 Å². The van der Waals surface area contributed by atoms with Crippen molar-refractivity contribution >= 4 is 34.7 Å². The van der Waals surface area contributed by atoms with Crippen molar-refractivity contribution in [3.8, 4) is 17.1 Å². The Bertz CT molecular complexity index is 1300. The molecule has 14 heteroatoms. The molecule has 0 spiro atoms. The summed E-state index contributed by atoms with van der Waals surface area (Å²) in [7, 11) is 2.06. The molecule has 1 saturated heterocycles. The highest BCUT2D eigenvalue weighted by Crippen LogP contribution is 2.32. The van der Waals surface area contributed by atoms with Gasteiger partial charge in [0.25, 0.3) is 5.88 Å². The van der Waals surface area contributed by atoms with Crippen molar-refractivity contribution in [3.63, 3.8) is 0 Å². The molecule has 9 nitrogen and oxygen atoms in total. The van der Waals surface area contributed by atoms with Gasteiger partial charge in [-0.3, -0.25) is 4.79 Å². The Labute approximate surface area is 227 Å². The van der Waals surface area contributed by atoms with E-state index in [0.29, 0.717) is 12.2 Å². The highest BCUT2D eigenvalue weighted by molar-refractivity contribution is 6.30. The number of likely N-dealkylation sites (N-methyl/N-ethyl adjacent to an activating group) is 1. The number of nitrogens with zero attached hydrogens (tertiary/aromatic N) is 5. The van der Waals surface area contributed by atoms with E-state index in [1.165, 1.54) is 36.5 Å². The number of alkyl halides is 3. The third-order valence-corrected chi connectivity index (χ3v) is 6.13. The normalized spacial score (nSPS) is 14.7. The second kappa shape index (κ2) is 12.5. The summed E-state index contributed by atoms with van der Waals surface area (Å²) >= 11 is 5.97. The van der Waals surface area contributed by atoms with E-state index in [0.717, 1.165) is 32.2 Å². The summed E-state index contributed by atoms with van der Waals surface area (Å²) in [5, 5.41) is 13.4. The zero-order valence-corrected chi connectivity index (χ0v) is 21.7. The molecule has 1 amide bonds. The predicted octanol–water partition coefficient (Wildman–Crippen LogP) is 4.59. The third kappa shape index (κ3) is 8.47. The number of nitrogens with one attached hydrogen (secondary N) is 2. The van der Waals surface area contributed by atoms with Crippen molar-refractivity contribution in [2.45, 2.75) is 12.6 Å². The van der Waals surface area contributed by atoms with Gasteiger partial charge in [-0.05, 0) is 37.4 Å². The fourth-order valence-corrected chi connectivity index (χ4v) is 3.99. The van der Waals surface area contributed by atoms with Crippen molar-refractivity contribution in [2.75, 3.05) is 57.0 Å². The number of ether oxygens (including phenoxy) is 1. The molecule has 0 radical (unpaired) electrons. The maximum absolute atomic E-state index is 14.4. The van der Waals surface area contributed by atoms with E-state index in [-0.39, 0.29) is 40.1 Å². The molecule has 2 aromatic heterocycles. The summed E-state index contributed by atoms with van der Waals surface area (Å²) in [5.74, 6) is -1.08. The van der Waals surface area contributed by atoms with Crippen LogP contribution >= 0.6 is 11.6 Å². The Morgan fingerprint density at radius 3 is 2.62 bits per heavy atom. The molecule has 39 heavy (non-hydrogen) atoms. The Kier molecular flexibility index (Phi) is 9.15. The van der Waals surface area contributed by atoms with Gasteiger partial charge in [-0.25, -0.2) is 9.37 Å². The quantitative estimate of drug-likeness (QED) is 0.363. The number of pyridine rings is 1. The highest BCUT2D eigenvalue weighted by atomic mass is 35.5. The molecular weight excluding hydrogens is 542 g/mol. The van der Waals surface area contributed by atoms with Gasteiger partial charge in [0.05, 0.1) is 5.69 Å². The minimum absolute atomic E-state index is 0.00320. The summed E-state index contributed by atoms with van der Waals surface area (Å²) in [4.78, 5) is 21.1. The number of rotatable bonds is 9.